The molecule has 0 amide bonds. The van der Waals surface area contributed by atoms with E-state index in [1.165, 1.54) is 24.3 Å². The zero-order chi connectivity index (χ0) is 14.0. The van der Waals surface area contributed by atoms with Gasteiger partial charge in [-0.2, -0.15) is 0 Å². The average molecular weight is 272 g/mol. The number of rotatable bonds is 3. The number of phenols is 1. The third-order valence-electron chi connectivity index (χ3n) is 2.94. The SMILES string of the molecule is OC[C@@H]1O[C@@H](Oc2ccc(O)cc2)[C@H](O)[C@@H](O)[C@@H]1O. The van der Waals surface area contributed by atoms with Crippen LogP contribution in [0.3, 0.4) is 0 Å². The maximum Gasteiger partial charge on any atom is 0.229 e. The average Bonchev–Trinajstić information content (AvgIpc) is 2.42. The maximum atomic E-state index is 9.75. The van der Waals surface area contributed by atoms with Crippen LogP contribution in [0.4, 0.5) is 0 Å². The molecule has 1 aromatic rings. The molecule has 0 aliphatic carbocycles. The van der Waals surface area contributed by atoms with Gasteiger partial charge in [0.2, 0.25) is 6.29 Å². The molecule has 7 heteroatoms. The summed E-state index contributed by atoms with van der Waals surface area (Å²) in [5, 5.41) is 47.1. The van der Waals surface area contributed by atoms with Crippen molar-refractivity contribution in [3.8, 4) is 11.5 Å². The van der Waals surface area contributed by atoms with E-state index in [0.29, 0.717) is 5.75 Å². The summed E-state index contributed by atoms with van der Waals surface area (Å²) in [6, 6.07) is 5.69. The highest BCUT2D eigenvalue weighted by Gasteiger charge is 2.44. The van der Waals surface area contributed by atoms with Gasteiger partial charge in [0.05, 0.1) is 6.61 Å². The minimum Gasteiger partial charge on any atom is -0.508 e. The van der Waals surface area contributed by atoms with Crippen molar-refractivity contribution in [1.82, 2.24) is 0 Å². The molecule has 0 unspecified atom stereocenters. The highest BCUT2D eigenvalue weighted by molar-refractivity contribution is 5.30. The molecule has 0 saturated carbocycles. The van der Waals surface area contributed by atoms with E-state index in [1.807, 2.05) is 0 Å². The number of benzene rings is 1. The smallest absolute Gasteiger partial charge is 0.229 e. The van der Waals surface area contributed by atoms with Crippen molar-refractivity contribution < 1.29 is 35.0 Å². The van der Waals surface area contributed by atoms with Gasteiger partial charge in [0.15, 0.2) is 0 Å². The standard InChI is InChI=1S/C12H16O7/c13-5-8-9(15)10(16)11(17)12(19-8)18-7-3-1-6(14)2-4-7/h1-4,8-17H,5H2/t8-,9+,10-,11+,12+/m0/s1. The molecule has 19 heavy (non-hydrogen) atoms. The van der Waals surface area contributed by atoms with Crippen molar-refractivity contribution in [2.75, 3.05) is 6.61 Å². The molecule has 0 bridgehead atoms. The Morgan fingerprint density at radius 3 is 2.21 bits per heavy atom. The van der Waals surface area contributed by atoms with Crippen LogP contribution in [0.1, 0.15) is 0 Å². The first-order valence-corrected chi connectivity index (χ1v) is 5.79. The lowest BCUT2D eigenvalue weighted by atomic mass is 9.99. The number of aliphatic hydroxyl groups is 4. The maximum absolute atomic E-state index is 9.75. The van der Waals surface area contributed by atoms with Crippen LogP contribution >= 0.6 is 0 Å². The monoisotopic (exact) mass is 272 g/mol. The number of aliphatic hydroxyl groups excluding tert-OH is 4. The van der Waals surface area contributed by atoms with Gasteiger partial charge in [-0.15, -0.1) is 0 Å². The van der Waals surface area contributed by atoms with E-state index < -0.39 is 37.3 Å². The summed E-state index contributed by atoms with van der Waals surface area (Å²) >= 11 is 0. The van der Waals surface area contributed by atoms with Gasteiger partial charge in [0.25, 0.3) is 0 Å². The van der Waals surface area contributed by atoms with Crippen LogP contribution < -0.4 is 4.74 Å². The molecule has 1 heterocycles. The lowest BCUT2D eigenvalue weighted by molar-refractivity contribution is -0.277. The van der Waals surface area contributed by atoms with Crippen molar-refractivity contribution in [2.24, 2.45) is 0 Å². The van der Waals surface area contributed by atoms with E-state index in [4.69, 9.17) is 19.7 Å². The molecule has 1 aliphatic heterocycles. The van der Waals surface area contributed by atoms with Gasteiger partial charge in [-0.1, -0.05) is 0 Å². The van der Waals surface area contributed by atoms with Crippen LogP contribution in [-0.4, -0.2) is 62.8 Å². The Morgan fingerprint density at radius 2 is 1.63 bits per heavy atom. The molecule has 2 rings (SSSR count). The summed E-state index contributed by atoms with van der Waals surface area (Å²) in [7, 11) is 0. The fraction of sp³-hybridized carbons (Fsp3) is 0.500. The zero-order valence-electron chi connectivity index (χ0n) is 9.96. The predicted octanol–water partition coefficient (Wildman–Crippen LogP) is -1.43. The number of aromatic hydroxyl groups is 1. The van der Waals surface area contributed by atoms with Crippen molar-refractivity contribution in [1.29, 1.82) is 0 Å². The van der Waals surface area contributed by atoms with E-state index in [9.17, 15) is 15.3 Å². The zero-order valence-corrected chi connectivity index (χ0v) is 9.96. The highest BCUT2D eigenvalue weighted by atomic mass is 16.7. The summed E-state index contributed by atoms with van der Waals surface area (Å²) in [6.45, 7) is -0.514. The van der Waals surface area contributed by atoms with Gasteiger partial charge in [-0.05, 0) is 24.3 Å². The number of hydrogen-bond donors (Lipinski definition) is 5. The molecule has 1 saturated heterocycles. The lowest BCUT2D eigenvalue weighted by Gasteiger charge is -2.39. The second kappa shape index (κ2) is 5.72. The molecule has 106 valence electrons. The van der Waals surface area contributed by atoms with Crippen molar-refractivity contribution in [2.45, 2.75) is 30.7 Å². The molecule has 1 aromatic carbocycles. The second-order valence-electron chi connectivity index (χ2n) is 4.31. The summed E-state index contributed by atoms with van der Waals surface area (Å²) in [6.07, 6.45) is -6.58. The first-order valence-electron chi connectivity index (χ1n) is 5.79. The van der Waals surface area contributed by atoms with Gasteiger partial charge in [-0.3, -0.25) is 0 Å². The van der Waals surface area contributed by atoms with Gasteiger partial charge in [0.1, 0.15) is 35.9 Å². The van der Waals surface area contributed by atoms with Crippen molar-refractivity contribution in [3.63, 3.8) is 0 Å². The molecule has 0 aromatic heterocycles. The minimum atomic E-state index is -1.48. The van der Waals surface area contributed by atoms with E-state index in [2.05, 4.69) is 0 Å². The van der Waals surface area contributed by atoms with Crippen LogP contribution in [0, 0.1) is 0 Å². The van der Waals surface area contributed by atoms with Crippen molar-refractivity contribution >= 4 is 0 Å². The van der Waals surface area contributed by atoms with E-state index in [-0.39, 0.29) is 5.75 Å². The van der Waals surface area contributed by atoms with Gasteiger partial charge in [-0.25, -0.2) is 0 Å². The Morgan fingerprint density at radius 1 is 1.00 bits per heavy atom. The predicted molar refractivity (Wildman–Crippen MR) is 62.5 cm³/mol. The Hall–Kier alpha value is -1.38. The second-order valence-corrected chi connectivity index (χ2v) is 4.31. The van der Waals surface area contributed by atoms with Crippen LogP contribution in [-0.2, 0) is 4.74 Å². The summed E-state index contributed by atoms with van der Waals surface area (Å²) in [5.41, 5.74) is 0. The van der Waals surface area contributed by atoms with Crippen LogP contribution in [0.2, 0.25) is 0 Å². The van der Waals surface area contributed by atoms with E-state index in [1.54, 1.807) is 0 Å². The van der Waals surface area contributed by atoms with Crippen LogP contribution in [0.5, 0.6) is 11.5 Å². The Kier molecular flexibility index (Phi) is 4.23. The van der Waals surface area contributed by atoms with Gasteiger partial charge >= 0.3 is 0 Å². The quantitative estimate of drug-likeness (QED) is 0.457. The first-order chi connectivity index (χ1) is 9.02. The van der Waals surface area contributed by atoms with Gasteiger partial charge < -0.3 is 35.0 Å². The first kappa shape index (κ1) is 14.0. The molecule has 1 fully saturated rings. The molecule has 0 spiro atoms. The van der Waals surface area contributed by atoms with Crippen LogP contribution in [0.15, 0.2) is 24.3 Å². The fourth-order valence-electron chi connectivity index (χ4n) is 1.82. The lowest BCUT2D eigenvalue weighted by Crippen LogP contribution is -2.60. The number of hydrogen-bond acceptors (Lipinski definition) is 7. The van der Waals surface area contributed by atoms with Crippen LogP contribution in [0.25, 0.3) is 0 Å². The molecule has 1 aliphatic rings. The summed E-state index contributed by atoms with van der Waals surface area (Å²) in [4.78, 5) is 0. The third-order valence-corrected chi connectivity index (χ3v) is 2.94. The summed E-state index contributed by atoms with van der Waals surface area (Å²) < 4.78 is 10.5. The van der Waals surface area contributed by atoms with Gasteiger partial charge in [0, 0.05) is 0 Å². The fourth-order valence-corrected chi connectivity index (χ4v) is 1.82. The van der Waals surface area contributed by atoms with E-state index >= 15 is 0 Å². The van der Waals surface area contributed by atoms with E-state index in [0.717, 1.165) is 0 Å². The molecular formula is C12H16O7. The third kappa shape index (κ3) is 2.96. The minimum absolute atomic E-state index is 0.0566. The molecule has 5 atom stereocenters. The van der Waals surface area contributed by atoms with Crippen molar-refractivity contribution in [3.05, 3.63) is 24.3 Å². The largest absolute Gasteiger partial charge is 0.508 e. The Balaban J connectivity index is 2.08. The molecule has 7 nitrogen and oxygen atoms in total. The number of ether oxygens (including phenoxy) is 2. The normalized spacial score (nSPS) is 35.1. The highest BCUT2D eigenvalue weighted by Crippen LogP contribution is 2.25. The molecular weight excluding hydrogens is 256 g/mol. The Labute approximate surface area is 109 Å². The summed E-state index contributed by atoms with van der Waals surface area (Å²) in [5.74, 6) is 0.364. The topological polar surface area (TPSA) is 120 Å². The Bertz CT molecular complexity index is 405. The molecule has 0 radical (unpaired) electrons. The molecule has 5 N–H and O–H groups in total. The number of phenolic OH excluding ortho intramolecular Hbond substituents is 1.